The van der Waals surface area contributed by atoms with Crippen molar-refractivity contribution in [3.05, 3.63) is 22.7 Å². The number of rotatable bonds is 2. The molecule has 0 aliphatic heterocycles. The Balaban J connectivity index is 2.90. The van der Waals surface area contributed by atoms with Crippen LogP contribution in [0.5, 0.6) is 0 Å². The molecule has 6 nitrogen and oxygen atoms in total. The summed E-state index contributed by atoms with van der Waals surface area (Å²) in [5.41, 5.74) is 0.444. The van der Waals surface area contributed by atoms with E-state index in [0.717, 1.165) is 6.08 Å². The summed E-state index contributed by atoms with van der Waals surface area (Å²) < 4.78 is 4.19. The van der Waals surface area contributed by atoms with E-state index in [1.165, 1.54) is 13.0 Å². The topological polar surface area (TPSA) is 90.3 Å². The average molecular weight is 170 g/mol. The number of nitrogens with zero attached hydrogens (tertiary/aromatic N) is 2. The van der Waals surface area contributed by atoms with Gasteiger partial charge in [0.2, 0.25) is 5.69 Å². The number of carboxylic acids is 1. The second kappa shape index (κ2) is 3.04. The summed E-state index contributed by atoms with van der Waals surface area (Å²) in [7, 11) is 0. The van der Waals surface area contributed by atoms with Gasteiger partial charge in [0.1, 0.15) is 0 Å². The van der Waals surface area contributed by atoms with Crippen molar-refractivity contribution in [2.24, 2.45) is 0 Å². The SMILES string of the molecule is Cc1c(/C=C/C(=O)O)no[n+]1[O-]. The van der Waals surface area contributed by atoms with Crippen LogP contribution in [0.3, 0.4) is 0 Å². The first-order chi connectivity index (χ1) is 5.61. The van der Waals surface area contributed by atoms with Gasteiger partial charge in [-0.3, -0.25) is 4.63 Å². The van der Waals surface area contributed by atoms with Crippen LogP contribution >= 0.6 is 0 Å². The van der Waals surface area contributed by atoms with Gasteiger partial charge < -0.3 is 10.3 Å². The van der Waals surface area contributed by atoms with Crippen molar-refractivity contribution in [1.82, 2.24) is 5.16 Å². The molecule has 1 aromatic rings. The molecule has 0 amide bonds. The predicted octanol–water partition coefficient (Wildman–Crippen LogP) is -0.286. The molecule has 0 bridgehead atoms. The molecule has 1 N–H and O–H groups in total. The maximum absolute atomic E-state index is 10.6. The van der Waals surface area contributed by atoms with E-state index in [4.69, 9.17) is 5.11 Å². The summed E-state index contributed by atoms with van der Waals surface area (Å²) >= 11 is 0. The number of hydrogen-bond acceptors (Lipinski definition) is 4. The Bertz CT molecular complexity index is 328. The standard InChI is InChI=1S/C6H6N2O4/c1-4-5(2-3-6(9)10)7-12-8(4)11/h2-3H,1H3,(H,9,10)/b3-2+. The van der Waals surface area contributed by atoms with Crippen LogP contribution in [0.4, 0.5) is 0 Å². The molecule has 12 heavy (non-hydrogen) atoms. The number of aliphatic carboxylic acids is 1. The van der Waals surface area contributed by atoms with Crippen molar-refractivity contribution in [3.8, 4) is 0 Å². The highest BCUT2D eigenvalue weighted by Crippen LogP contribution is 2.00. The van der Waals surface area contributed by atoms with Gasteiger partial charge in [-0.1, -0.05) is 0 Å². The van der Waals surface area contributed by atoms with Crippen LogP contribution in [0.15, 0.2) is 10.7 Å². The van der Waals surface area contributed by atoms with Gasteiger partial charge in [-0.25, -0.2) is 4.79 Å². The van der Waals surface area contributed by atoms with E-state index in [0.29, 0.717) is 0 Å². The lowest BCUT2D eigenvalue weighted by Gasteiger charge is -1.83. The second-order valence-corrected chi connectivity index (χ2v) is 2.07. The predicted molar refractivity (Wildman–Crippen MR) is 36.9 cm³/mol. The molecule has 64 valence electrons. The van der Waals surface area contributed by atoms with Gasteiger partial charge >= 0.3 is 5.97 Å². The highest BCUT2D eigenvalue weighted by atomic mass is 16.8. The van der Waals surface area contributed by atoms with Gasteiger partial charge in [0, 0.05) is 24.2 Å². The Hall–Kier alpha value is -1.85. The summed E-state index contributed by atoms with van der Waals surface area (Å²) in [6.07, 6.45) is 2.07. The number of carboxylic acid groups (broad SMARTS) is 1. The van der Waals surface area contributed by atoms with Crippen molar-refractivity contribution in [3.63, 3.8) is 0 Å². The quantitative estimate of drug-likeness (QED) is 0.486. The molecule has 0 fully saturated rings. The van der Waals surface area contributed by atoms with Crippen LogP contribution in [-0.4, -0.2) is 16.2 Å². The molecule has 0 aromatic carbocycles. The van der Waals surface area contributed by atoms with Crippen molar-refractivity contribution in [2.45, 2.75) is 6.92 Å². The summed E-state index contributed by atoms with van der Waals surface area (Å²) in [5.74, 6) is -1.10. The number of carbonyl (C=O) groups is 1. The molecule has 0 spiro atoms. The van der Waals surface area contributed by atoms with E-state index in [1.807, 2.05) is 0 Å². The maximum Gasteiger partial charge on any atom is 0.328 e. The summed E-state index contributed by atoms with van der Waals surface area (Å²) in [6, 6.07) is 0. The first-order valence-electron chi connectivity index (χ1n) is 3.08. The molecule has 1 aromatic heterocycles. The Morgan fingerprint density at radius 3 is 2.92 bits per heavy atom. The van der Waals surface area contributed by atoms with E-state index in [-0.39, 0.29) is 16.3 Å². The molecule has 0 saturated heterocycles. The molecule has 1 rings (SSSR count). The van der Waals surface area contributed by atoms with Crippen molar-refractivity contribution >= 4 is 12.0 Å². The third-order valence-electron chi connectivity index (χ3n) is 1.24. The van der Waals surface area contributed by atoms with Crippen molar-refractivity contribution in [1.29, 1.82) is 0 Å². The van der Waals surface area contributed by atoms with Gasteiger partial charge in [0.15, 0.2) is 5.69 Å². The van der Waals surface area contributed by atoms with Gasteiger partial charge in [-0.15, -0.1) is 0 Å². The van der Waals surface area contributed by atoms with Crippen LogP contribution in [-0.2, 0) is 4.79 Å². The molecule has 1 heterocycles. The summed E-state index contributed by atoms with van der Waals surface area (Å²) in [5, 5.41) is 22.1. The Morgan fingerprint density at radius 2 is 2.50 bits per heavy atom. The molecule has 0 radical (unpaired) electrons. The fourth-order valence-electron chi connectivity index (χ4n) is 0.603. The largest absolute Gasteiger partial charge is 0.478 e. The van der Waals surface area contributed by atoms with E-state index >= 15 is 0 Å². The van der Waals surface area contributed by atoms with Crippen LogP contribution in [0.1, 0.15) is 11.4 Å². The van der Waals surface area contributed by atoms with Gasteiger partial charge in [0.05, 0.1) is 0 Å². The van der Waals surface area contributed by atoms with Crippen LogP contribution in [0, 0.1) is 12.1 Å². The smallest absolute Gasteiger partial charge is 0.328 e. The molecule has 0 aliphatic carbocycles. The zero-order chi connectivity index (χ0) is 9.14. The highest BCUT2D eigenvalue weighted by Gasteiger charge is 2.10. The van der Waals surface area contributed by atoms with E-state index in [2.05, 4.69) is 9.79 Å². The highest BCUT2D eigenvalue weighted by molar-refractivity contribution is 5.84. The first-order valence-corrected chi connectivity index (χ1v) is 3.08. The molecule has 0 atom stereocenters. The average Bonchev–Trinajstić information content (AvgIpc) is 2.30. The van der Waals surface area contributed by atoms with E-state index < -0.39 is 5.97 Å². The van der Waals surface area contributed by atoms with Gasteiger partial charge in [-0.2, -0.15) is 0 Å². The van der Waals surface area contributed by atoms with Gasteiger partial charge in [-0.05, 0) is 4.90 Å². The van der Waals surface area contributed by atoms with Crippen LogP contribution < -0.4 is 4.90 Å². The lowest BCUT2D eigenvalue weighted by molar-refractivity contribution is -0.806. The van der Waals surface area contributed by atoms with E-state index in [1.54, 1.807) is 0 Å². The number of aromatic nitrogens is 2. The Kier molecular flexibility index (Phi) is 2.09. The minimum Gasteiger partial charge on any atom is -0.478 e. The second-order valence-electron chi connectivity index (χ2n) is 2.07. The molecular formula is C6H6N2O4. The number of hydrogen-bond donors (Lipinski definition) is 1. The maximum atomic E-state index is 10.6. The lowest BCUT2D eigenvalue weighted by Crippen LogP contribution is -2.25. The normalized spacial score (nSPS) is 10.8. The zero-order valence-electron chi connectivity index (χ0n) is 6.22. The minimum atomic E-state index is -1.10. The molecule has 6 heteroatoms. The van der Waals surface area contributed by atoms with Gasteiger partial charge in [0.25, 0.3) is 0 Å². The zero-order valence-corrected chi connectivity index (χ0v) is 6.22. The van der Waals surface area contributed by atoms with Crippen molar-refractivity contribution in [2.75, 3.05) is 0 Å². The molecule has 0 aliphatic rings. The molecule has 0 saturated carbocycles. The lowest BCUT2D eigenvalue weighted by atomic mass is 10.3. The van der Waals surface area contributed by atoms with Crippen LogP contribution in [0.2, 0.25) is 0 Å². The third kappa shape index (κ3) is 1.60. The third-order valence-corrected chi connectivity index (χ3v) is 1.24. The fraction of sp³-hybridized carbons (Fsp3) is 0.167. The monoisotopic (exact) mass is 170 g/mol. The first kappa shape index (κ1) is 8.25. The fourth-order valence-corrected chi connectivity index (χ4v) is 0.603. The van der Waals surface area contributed by atoms with E-state index in [9.17, 15) is 10.0 Å². The molecule has 0 unspecified atom stereocenters. The Morgan fingerprint density at radius 1 is 1.83 bits per heavy atom. The summed E-state index contributed by atoms with van der Waals surface area (Å²) in [6.45, 7) is 1.48. The van der Waals surface area contributed by atoms with Crippen molar-refractivity contribution < 1.29 is 19.4 Å². The van der Waals surface area contributed by atoms with Crippen LogP contribution in [0.25, 0.3) is 6.08 Å². The molecular weight excluding hydrogens is 164 g/mol. The Labute approximate surface area is 67.3 Å². The minimum absolute atomic E-state index is 0.210. The summed E-state index contributed by atoms with van der Waals surface area (Å²) in [4.78, 5) is 10.3.